The summed E-state index contributed by atoms with van der Waals surface area (Å²) in [5.41, 5.74) is 0.708. The Kier molecular flexibility index (Phi) is 3.76. The van der Waals surface area contributed by atoms with Crippen molar-refractivity contribution in [2.75, 3.05) is 0 Å². The first-order chi connectivity index (χ1) is 11.0. The quantitative estimate of drug-likeness (QED) is 0.682. The third-order valence-corrected chi connectivity index (χ3v) is 6.39. The average Bonchev–Trinajstić information content (AvgIpc) is 2.46. The van der Waals surface area contributed by atoms with E-state index >= 15 is 0 Å². The molecule has 24 heavy (non-hydrogen) atoms. The van der Waals surface area contributed by atoms with Crippen LogP contribution in [-0.4, -0.2) is 27.2 Å². The van der Waals surface area contributed by atoms with Crippen molar-refractivity contribution in [3.63, 3.8) is 0 Å². The summed E-state index contributed by atoms with van der Waals surface area (Å²) >= 11 is 0. The lowest BCUT2D eigenvalue weighted by molar-refractivity contribution is -0.0396. The molecule has 3 N–H and O–H groups in total. The number of aliphatic hydroxyl groups is 1. The number of ketones is 1. The number of Topliss-reactive ketones (excluding diaryl/α,β-unsaturated/α-hetero) is 1. The van der Waals surface area contributed by atoms with E-state index in [0.717, 1.165) is 19.3 Å². The fourth-order valence-corrected chi connectivity index (χ4v) is 5.34. The van der Waals surface area contributed by atoms with Crippen LogP contribution in [0.3, 0.4) is 0 Å². The zero-order chi connectivity index (χ0) is 18.0. The lowest BCUT2D eigenvalue weighted by Crippen LogP contribution is -2.56. The van der Waals surface area contributed by atoms with Crippen molar-refractivity contribution < 1.29 is 20.1 Å². The second-order valence-electron chi connectivity index (χ2n) is 8.79. The Morgan fingerprint density at radius 2 is 1.75 bits per heavy atom. The SMILES string of the molecule is CC(C)c1cc2c(c(O)c1O)[C@@]1(C)CCCC(C)(C)[C@@H]1[C@@H](O)C2=O. The number of aliphatic hydroxyl groups excluding tert-OH is 1. The largest absolute Gasteiger partial charge is 0.504 e. The number of hydrogen-bond donors (Lipinski definition) is 3. The Hall–Kier alpha value is -1.55. The summed E-state index contributed by atoms with van der Waals surface area (Å²) in [7, 11) is 0. The van der Waals surface area contributed by atoms with Crippen molar-refractivity contribution in [2.45, 2.75) is 71.3 Å². The number of carbonyl (C=O) groups excluding carboxylic acids is 1. The Balaban J connectivity index is 2.34. The van der Waals surface area contributed by atoms with E-state index in [1.165, 1.54) is 0 Å². The molecule has 1 saturated carbocycles. The smallest absolute Gasteiger partial charge is 0.192 e. The lowest BCUT2D eigenvalue weighted by atomic mass is 9.49. The molecule has 0 spiro atoms. The molecule has 1 fully saturated rings. The van der Waals surface area contributed by atoms with Crippen LogP contribution in [0.5, 0.6) is 11.5 Å². The number of phenols is 2. The van der Waals surface area contributed by atoms with Crippen molar-refractivity contribution >= 4 is 5.78 Å². The van der Waals surface area contributed by atoms with E-state index in [1.54, 1.807) is 6.07 Å². The molecule has 0 radical (unpaired) electrons. The number of carbonyl (C=O) groups is 1. The summed E-state index contributed by atoms with van der Waals surface area (Å²) in [4.78, 5) is 12.9. The Bertz CT molecular complexity index is 704. The molecule has 1 aromatic rings. The Morgan fingerprint density at radius 1 is 1.12 bits per heavy atom. The molecule has 0 amide bonds. The first kappa shape index (κ1) is 17.3. The van der Waals surface area contributed by atoms with Gasteiger partial charge in [0.25, 0.3) is 0 Å². The molecule has 0 unspecified atom stereocenters. The summed E-state index contributed by atoms with van der Waals surface area (Å²) in [6.45, 7) is 9.98. The van der Waals surface area contributed by atoms with Gasteiger partial charge in [-0.25, -0.2) is 0 Å². The van der Waals surface area contributed by atoms with Crippen molar-refractivity contribution in [3.05, 3.63) is 22.8 Å². The first-order valence-electron chi connectivity index (χ1n) is 8.84. The molecule has 1 aromatic carbocycles. The molecule has 0 bridgehead atoms. The molecular weight excluding hydrogens is 304 g/mol. The molecule has 4 nitrogen and oxygen atoms in total. The maximum Gasteiger partial charge on any atom is 0.192 e. The van der Waals surface area contributed by atoms with E-state index in [1.807, 2.05) is 20.8 Å². The van der Waals surface area contributed by atoms with Gasteiger partial charge in [0.2, 0.25) is 0 Å². The van der Waals surface area contributed by atoms with Crippen LogP contribution in [0.2, 0.25) is 0 Å². The number of fused-ring (bicyclic) bond motifs is 3. The number of aromatic hydroxyl groups is 2. The highest BCUT2D eigenvalue weighted by Crippen LogP contribution is 2.60. The van der Waals surface area contributed by atoms with Gasteiger partial charge in [0.15, 0.2) is 17.3 Å². The van der Waals surface area contributed by atoms with Crippen LogP contribution in [0.4, 0.5) is 0 Å². The third kappa shape index (κ3) is 2.12. The predicted molar refractivity (Wildman–Crippen MR) is 92.7 cm³/mol. The molecule has 3 rings (SSSR count). The number of benzene rings is 1. The van der Waals surface area contributed by atoms with E-state index in [4.69, 9.17) is 0 Å². The monoisotopic (exact) mass is 332 g/mol. The minimum atomic E-state index is -1.07. The standard InChI is InChI=1S/C20H28O4/c1-10(2)11-9-12-13(16(23)14(11)21)20(5)8-6-7-19(3,4)18(20)17(24)15(12)22/h9-10,17-18,21,23-24H,6-8H2,1-5H3/t17-,18-,20+/m0/s1. The van der Waals surface area contributed by atoms with E-state index < -0.39 is 11.5 Å². The topological polar surface area (TPSA) is 77.8 Å². The molecule has 4 heteroatoms. The van der Waals surface area contributed by atoms with Gasteiger partial charge in [0.05, 0.1) is 0 Å². The number of rotatable bonds is 1. The molecule has 0 aliphatic heterocycles. The van der Waals surface area contributed by atoms with Gasteiger partial charge >= 0.3 is 0 Å². The van der Waals surface area contributed by atoms with Crippen LogP contribution in [0.25, 0.3) is 0 Å². The van der Waals surface area contributed by atoms with Gasteiger partial charge in [-0.1, -0.05) is 41.0 Å². The van der Waals surface area contributed by atoms with Gasteiger partial charge in [0, 0.05) is 28.0 Å². The normalized spacial score (nSPS) is 31.7. The van der Waals surface area contributed by atoms with Gasteiger partial charge in [-0.2, -0.15) is 0 Å². The summed E-state index contributed by atoms with van der Waals surface area (Å²) in [5.74, 6) is -0.939. The van der Waals surface area contributed by atoms with Crippen LogP contribution in [0.15, 0.2) is 6.07 Å². The second-order valence-corrected chi connectivity index (χ2v) is 8.79. The van der Waals surface area contributed by atoms with Crippen molar-refractivity contribution in [2.24, 2.45) is 11.3 Å². The summed E-state index contributed by atoms with van der Waals surface area (Å²) in [5, 5.41) is 32.1. The Morgan fingerprint density at radius 3 is 2.33 bits per heavy atom. The molecule has 2 aliphatic rings. The van der Waals surface area contributed by atoms with Crippen LogP contribution >= 0.6 is 0 Å². The van der Waals surface area contributed by atoms with Gasteiger partial charge in [-0.3, -0.25) is 4.79 Å². The lowest BCUT2D eigenvalue weighted by Gasteiger charge is -2.55. The summed E-state index contributed by atoms with van der Waals surface area (Å²) < 4.78 is 0. The Labute approximate surface area is 143 Å². The fourth-order valence-electron chi connectivity index (χ4n) is 5.34. The highest BCUT2D eigenvalue weighted by molar-refractivity contribution is 6.04. The summed E-state index contributed by atoms with van der Waals surface area (Å²) in [6, 6.07) is 1.67. The minimum absolute atomic E-state index is 0.0283. The molecule has 3 atom stereocenters. The maximum atomic E-state index is 12.9. The van der Waals surface area contributed by atoms with Crippen LogP contribution in [0.1, 0.15) is 81.3 Å². The highest BCUT2D eigenvalue weighted by atomic mass is 16.3. The van der Waals surface area contributed by atoms with Gasteiger partial charge in [-0.05, 0) is 30.2 Å². The van der Waals surface area contributed by atoms with Gasteiger partial charge in [0.1, 0.15) is 6.10 Å². The van der Waals surface area contributed by atoms with Crippen LogP contribution < -0.4 is 0 Å². The zero-order valence-corrected chi connectivity index (χ0v) is 15.2. The van der Waals surface area contributed by atoms with Crippen molar-refractivity contribution in [1.29, 1.82) is 0 Å². The molecular formula is C20H28O4. The average molecular weight is 332 g/mol. The first-order valence-corrected chi connectivity index (χ1v) is 8.84. The van der Waals surface area contributed by atoms with E-state index in [-0.39, 0.29) is 34.5 Å². The fraction of sp³-hybridized carbons (Fsp3) is 0.650. The highest BCUT2D eigenvalue weighted by Gasteiger charge is 2.57. The van der Waals surface area contributed by atoms with E-state index in [9.17, 15) is 20.1 Å². The molecule has 132 valence electrons. The maximum absolute atomic E-state index is 12.9. The number of phenolic OH excluding ortho intramolecular Hbond substituents is 2. The zero-order valence-electron chi connectivity index (χ0n) is 15.2. The second kappa shape index (κ2) is 5.22. The molecule has 0 aromatic heterocycles. The van der Waals surface area contributed by atoms with Gasteiger partial charge < -0.3 is 15.3 Å². The molecule has 0 heterocycles. The third-order valence-electron chi connectivity index (χ3n) is 6.39. The predicted octanol–water partition coefficient (Wildman–Crippen LogP) is 3.86. The van der Waals surface area contributed by atoms with Crippen molar-refractivity contribution in [3.8, 4) is 11.5 Å². The van der Waals surface area contributed by atoms with Crippen LogP contribution in [0, 0.1) is 11.3 Å². The minimum Gasteiger partial charge on any atom is -0.504 e. The molecule has 0 saturated heterocycles. The van der Waals surface area contributed by atoms with Crippen LogP contribution in [-0.2, 0) is 5.41 Å². The van der Waals surface area contributed by atoms with E-state index in [0.29, 0.717) is 16.7 Å². The van der Waals surface area contributed by atoms with Crippen molar-refractivity contribution in [1.82, 2.24) is 0 Å². The molecule has 2 aliphatic carbocycles. The number of hydrogen-bond acceptors (Lipinski definition) is 4. The summed E-state index contributed by atoms with van der Waals surface area (Å²) in [6.07, 6.45) is 1.62. The van der Waals surface area contributed by atoms with E-state index in [2.05, 4.69) is 13.8 Å². The van der Waals surface area contributed by atoms with Gasteiger partial charge in [-0.15, -0.1) is 0 Å².